The molecule has 3 unspecified atom stereocenters. The molecular formula is C18H30N4O3. The van der Waals surface area contributed by atoms with E-state index in [0.717, 1.165) is 32.1 Å². The van der Waals surface area contributed by atoms with Crippen molar-refractivity contribution in [1.82, 2.24) is 15.1 Å². The lowest BCUT2D eigenvalue weighted by Crippen LogP contribution is -2.73. The van der Waals surface area contributed by atoms with E-state index in [1.54, 1.807) is 4.90 Å². The van der Waals surface area contributed by atoms with Crippen molar-refractivity contribution in [3.8, 4) is 0 Å². The van der Waals surface area contributed by atoms with E-state index in [0.29, 0.717) is 43.2 Å². The Hall–Kier alpha value is -1.50. The minimum absolute atomic E-state index is 0.205. The van der Waals surface area contributed by atoms with Gasteiger partial charge in [0.05, 0.1) is 12.7 Å². The maximum atomic E-state index is 11.9. The zero-order valence-electron chi connectivity index (χ0n) is 15.4. The van der Waals surface area contributed by atoms with Gasteiger partial charge < -0.3 is 24.6 Å². The summed E-state index contributed by atoms with van der Waals surface area (Å²) in [6.45, 7) is 6.14. The van der Waals surface area contributed by atoms with Crippen LogP contribution in [0.15, 0.2) is 4.99 Å². The zero-order valence-corrected chi connectivity index (χ0v) is 15.4. The topological polar surface area (TPSA) is 66.4 Å². The molecule has 4 fully saturated rings. The van der Waals surface area contributed by atoms with Crippen molar-refractivity contribution < 1.29 is 14.3 Å². The van der Waals surface area contributed by atoms with Crippen LogP contribution >= 0.6 is 0 Å². The number of carbonyl (C=O) groups is 1. The van der Waals surface area contributed by atoms with Crippen LogP contribution in [-0.2, 0) is 9.47 Å². The molecule has 1 N–H and O–H groups in total. The Bertz CT molecular complexity index is 540. The van der Waals surface area contributed by atoms with Gasteiger partial charge in [-0.15, -0.1) is 0 Å². The van der Waals surface area contributed by atoms with Crippen LogP contribution in [-0.4, -0.2) is 80.4 Å². The number of ether oxygens (including phenoxy) is 2. The molecule has 25 heavy (non-hydrogen) atoms. The monoisotopic (exact) mass is 350 g/mol. The molecule has 4 rings (SSSR count). The van der Waals surface area contributed by atoms with Gasteiger partial charge in [0, 0.05) is 57.2 Å². The highest BCUT2D eigenvalue weighted by atomic mass is 16.6. The molecule has 4 aliphatic rings. The summed E-state index contributed by atoms with van der Waals surface area (Å²) in [5.74, 6) is 1.61. The summed E-state index contributed by atoms with van der Waals surface area (Å²) >= 11 is 0. The van der Waals surface area contributed by atoms with Crippen molar-refractivity contribution in [3.05, 3.63) is 0 Å². The predicted octanol–water partition coefficient (Wildman–Crippen LogP) is 1.29. The van der Waals surface area contributed by atoms with Crippen molar-refractivity contribution in [2.75, 3.05) is 46.4 Å². The molecule has 7 heteroatoms. The van der Waals surface area contributed by atoms with Gasteiger partial charge in [0.15, 0.2) is 5.96 Å². The number of amides is 1. The third-order valence-electron chi connectivity index (χ3n) is 6.64. The average molecular weight is 350 g/mol. The Kier molecular flexibility index (Phi) is 4.52. The number of fused-ring (bicyclic) bond motifs is 2. The van der Waals surface area contributed by atoms with Gasteiger partial charge in [0.1, 0.15) is 0 Å². The van der Waals surface area contributed by atoms with Gasteiger partial charge in [-0.25, -0.2) is 4.79 Å². The summed E-state index contributed by atoms with van der Waals surface area (Å²) in [5, 5.41) is 3.77. The SMILES string of the molecule is CCOC(=O)N1CCN(C(=NC)NC2C3CCOC3C23CCC3)CC1. The molecule has 0 aromatic carbocycles. The summed E-state index contributed by atoms with van der Waals surface area (Å²) in [6.07, 6.45) is 5.30. The lowest BCUT2D eigenvalue weighted by Gasteiger charge is -2.63. The molecule has 1 spiro atoms. The second-order valence-electron chi connectivity index (χ2n) is 7.67. The smallest absolute Gasteiger partial charge is 0.409 e. The number of rotatable bonds is 2. The van der Waals surface area contributed by atoms with Gasteiger partial charge in [0.25, 0.3) is 0 Å². The number of aliphatic imine (C=N–C) groups is 1. The van der Waals surface area contributed by atoms with Gasteiger partial charge in [0.2, 0.25) is 0 Å². The van der Waals surface area contributed by atoms with Crippen molar-refractivity contribution in [2.24, 2.45) is 16.3 Å². The maximum absolute atomic E-state index is 11.9. The Labute approximate surface area is 149 Å². The molecule has 140 valence electrons. The summed E-state index contributed by atoms with van der Waals surface area (Å²) in [5.41, 5.74) is 0.351. The number of nitrogens with zero attached hydrogens (tertiary/aromatic N) is 3. The van der Waals surface area contributed by atoms with E-state index in [1.807, 2.05) is 14.0 Å². The second kappa shape index (κ2) is 6.67. The minimum Gasteiger partial charge on any atom is -0.450 e. The molecular weight excluding hydrogens is 320 g/mol. The average Bonchev–Trinajstić information content (AvgIpc) is 3.00. The quantitative estimate of drug-likeness (QED) is 0.601. The van der Waals surface area contributed by atoms with Crippen molar-refractivity contribution >= 4 is 12.1 Å². The van der Waals surface area contributed by atoms with Gasteiger partial charge >= 0.3 is 6.09 Å². The molecule has 0 aromatic rings. The number of carbonyl (C=O) groups excluding carboxylic acids is 1. The summed E-state index contributed by atoms with van der Waals surface area (Å²) in [6, 6.07) is 0.496. The molecule has 3 atom stereocenters. The van der Waals surface area contributed by atoms with Crippen LogP contribution in [0.1, 0.15) is 32.6 Å². The van der Waals surface area contributed by atoms with Crippen LogP contribution in [0.2, 0.25) is 0 Å². The number of hydrogen-bond donors (Lipinski definition) is 1. The third-order valence-corrected chi connectivity index (χ3v) is 6.64. The minimum atomic E-state index is -0.205. The second-order valence-corrected chi connectivity index (χ2v) is 7.67. The number of piperazine rings is 1. The van der Waals surface area contributed by atoms with Crippen molar-refractivity contribution in [1.29, 1.82) is 0 Å². The molecule has 0 radical (unpaired) electrons. The third kappa shape index (κ3) is 2.67. The molecule has 7 nitrogen and oxygen atoms in total. The fraction of sp³-hybridized carbons (Fsp3) is 0.889. The predicted molar refractivity (Wildman–Crippen MR) is 94.6 cm³/mol. The van der Waals surface area contributed by atoms with Crippen LogP contribution in [0.4, 0.5) is 4.79 Å². The van der Waals surface area contributed by atoms with E-state index >= 15 is 0 Å². The summed E-state index contributed by atoms with van der Waals surface area (Å²) < 4.78 is 11.1. The molecule has 2 aliphatic carbocycles. The number of guanidine groups is 1. The first kappa shape index (κ1) is 16.9. The van der Waals surface area contributed by atoms with Gasteiger partial charge in [-0.2, -0.15) is 0 Å². The van der Waals surface area contributed by atoms with Gasteiger partial charge in [-0.05, 0) is 26.2 Å². The fourth-order valence-electron chi connectivity index (χ4n) is 5.21. The van der Waals surface area contributed by atoms with E-state index in [4.69, 9.17) is 9.47 Å². The van der Waals surface area contributed by atoms with Crippen LogP contribution in [0.5, 0.6) is 0 Å². The standard InChI is InChI=1S/C18H30N4O3/c1-3-24-17(23)22-10-8-21(9-11-22)16(19-2)20-14-13-5-12-25-15(13)18(14)6-4-7-18/h13-15H,3-12H2,1-2H3,(H,19,20). The van der Waals surface area contributed by atoms with E-state index in [-0.39, 0.29) is 6.09 Å². The van der Waals surface area contributed by atoms with Crippen LogP contribution in [0.3, 0.4) is 0 Å². The van der Waals surface area contributed by atoms with E-state index in [9.17, 15) is 4.79 Å². The Balaban J connectivity index is 1.35. The van der Waals surface area contributed by atoms with Gasteiger partial charge in [-0.3, -0.25) is 4.99 Å². The first-order valence-electron chi connectivity index (χ1n) is 9.71. The molecule has 2 aliphatic heterocycles. The Morgan fingerprint density at radius 1 is 1.28 bits per heavy atom. The highest BCUT2D eigenvalue weighted by Crippen LogP contribution is 2.62. The van der Waals surface area contributed by atoms with E-state index in [2.05, 4.69) is 15.2 Å². The zero-order chi connectivity index (χ0) is 17.4. The van der Waals surface area contributed by atoms with Crippen LogP contribution in [0, 0.1) is 11.3 Å². The first-order chi connectivity index (χ1) is 12.2. The Morgan fingerprint density at radius 3 is 2.60 bits per heavy atom. The van der Waals surface area contributed by atoms with Gasteiger partial charge in [-0.1, -0.05) is 6.42 Å². The fourth-order valence-corrected chi connectivity index (χ4v) is 5.21. The van der Waals surface area contributed by atoms with Crippen LogP contribution < -0.4 is 5.32 Å². The normalized spacial score (nSPS) is 33.5. The highest BCUT2D eigenvalue weighted by molar-refractivity contribution is 5.81. The Morgan fingerprint density at radius 2 is 2.00 bits per heavy atom. The first-order valence-corrected chi connectivity index (χ1v) is 9.71. The molecule has 0 aromatic heterocycles. The lowest BCUT2D eigenvalue weighted by molar-refractivity contribution is -0.171. The molecule has 0 bridgehead atoms. The largest absolute Gasteiger partial charge is 0.450 e. The molecule has 2 heterocycles. The highest BCUT2D eigenvalue weighted by Gasteiger charge is 2.66. The van der Waals surface area contributed by atoms with E-state index in [1.165, 1.54) is 19.3 Å². The molecule has 2 saturated heterocycles. The summed E-state index contributed by atoms with van der Waals surface area (Å²) in [4.78, 5) is 20.4. The van der Waals surface area contributed by atoms with E-state index < -0.39 is 0 Å². The molecule has 1 amide bonds. The summed E-state index contributed by atoms with van der Waals surface area (Å²) in [7, 11) is 1.86. The number of hydrogen-bond acceptors (Lipinski definition) is 4. The number of nitrogens with one attached hydrogen (secondary N) is 1. The van der Waals surface area contributed by atoms with Crippen molar-refractivity contribution in [2.45, 2.75) is 44.8 Å². The van der Waals surface area contributed by atoms with Crippen LogP contribution in [0.25, 0.3) is 0 Å². The lowest BCUT2D eigenvalue weighted by atomic mass is 9.46. The molecule has 2 saturated carbocycles. The maximum Gasteiger partial charge on any atom is 0.409 e. The van der Waals surface area contributed by atoms with Crippen molar-refractivity contribution in [3.63, 3.8) is 0 Å².